The van der Waals surface area contributed by atoms with Gasteiger partial charge in [-0.15, -0.1) is 0 Å². The summed E-state index contributed by atoms with van der Waals surface area (Å²) < 4.78 is 5.43. The highest BCUT2D eigenvalue weighted by molar-refractivity contribution is 5.40. The van der Waals surface area contributed by atoms with E-state index in [4.69, 9.17) is 10.6 Å². The van der Waals surface area contributed by atoms with Gasteiger partial charge in [0.05, 0.1) is 13.2 Å². The Bertz CT molecular complexity index is 415. The first-order chi connectivity index (χ1) is 7.99. The summed E-state index contributed by atoms with van der Waals surface area (Å²) in [5, 5.41) is 0. The Morgan fingerprint density at radius 1 is 1.47 bits per heavy atom. The van der Waals surface area contributed by atoms with E-state index in [9.17, 15) is 0 Å². The number of aryl methyl sites for hydroxylation is 1. The molecule has 0 spiro atoms. The molecule has 2 atom stereocenters. The second-order valence-electron chi connectivity index (χ2n) is 5.69. The third-order valence-electron chi connectivity index (χ3n) is 3.89. The van der Waals surface area contributed by atoms with Crippen LogP contribution in [-0.4, -0.2) is 7.11 Å². The maximum atomic E-state index is 5.73. The van der Waals surface area contributed by atoms with Crippen molar-refractivity contribution in [3.8, 4) is 5.75 Å². The SMILES string of the molecule is COc1ccc(C)cc1C(NN)C1CC1(C)C. The molecule has 1 aliphatic carbocycles. The number of hydrogen-bond donors (Lipinski definition) is 2. The lowest BCUT2D eigenvalue weighted by molar-refractivity contribution is 0.377. The standard InChI is InChI=1S/C14H22N2O/c1-9-5-6-12(17-4)10(7-9)13(16-15)11-8-14(11,2)3/h5-7,11,13,16H,8,15H2,1-4H3. The molecule has 94 valence electrons. The predicted molar refractivity (Wildman–Crippen MR) is 69.7 cm³/mol. The van der Waals surface area contributed by atoms with E-state index >= 15 is 0 Å². The molecule has 1 saturated carbocycles. The van der Waals surface area contributed by atoms with Crippen LogP contribution in [0.15, 0.2) is 18.2 Å². The number of nitrogens with two attached hydrogens (primary N) is 1. The molecule has 3 N–H and O–H groups in total. The summed E-state index contributed by atoms with van der Waals surface area (Å²) in [6.07, 6.45) is 1.21. The van der Waals surface area contributed by atoms with Gasteiger partial charge in [-0.1, -0.05) is 31.5 Å². The summed E-state index contributed by atoms with van der Waals surface area (Å²) in [6.45, 7) is 6.66. The van der Waals surface area contributed by atoms with Gasteiger partial charge >= 0.3 is 0 Å². The molecular formula is C14H22N2O. The second-order valence-corrected chi connectivity index (χ2v) is 5.69. The Hall–Kier alpha value is -1.06. The van der Waals surface area contributed by atoms with Gasteiger partial charge in [-0.05, 0) is 30.7 Å². The molecule has 2 unspecified atom stereocenters. The molecule has 0 saturated heterocycles. The van der Waals surface area contributed by atoms with Gasteiger partial charge in [-0.25, -0.2) is 0 Å². The van der Waals surface area contributed by atoms with E-state index in [1.165, 1.54) is 17.5 Å². The van der Waals surface area contributed by atoms with Crippen LogP contribution in [0.25, 0.3) is 0 Å². The van der Waals surface area contributed by atoms with Gasteiger partial charge in [-0.2, -0.15) is 0 Å². The highest BCUT2D eigenvalue weighted by Gasteiger charge is 2.50. The molecule has 0 heterocycles. The lowest BCUT2D eigenvalue weighted by Crippen LogP contribution is -2.31. The van der Waals surface area contributed by atoms with Crippen LogP contribution in [0, 0.1) is 18.3 Å². The van der Waals surface area contributed by atoms with Crippen molar-refractivity contribution in [2.24, 2.45) is 17.2 Å². The number of benzene rings is 1. The number of methoxy groups -OCH3 is 1. The molecular weight excluding hydrogens is 212 g/mol. The highest BCUT2D eigenvalue weighted by Crippen LogP contribution is 2.58. The Morgan fingerprint density at radius 3 is 2.59 bits per heavy atom. The summed E-state index contributed by atoms with van der Waals surface area (Å²) in [6, 6.07) is 6.43. The minimum atomic E-state index is 0.180. The van der Waals surface area contributed by atoms with E-state index in [0.717, 1.165) is 5.75 Å². The minimum absolute atomic E-state index is 0.180. The molecule has 3 nitrogen and oxygen atoms in total. The lowest BCUT2D eigenvalue weighted by atomic mass is 9.95. The van der Waals surface area contributed by atoms with Crippen molar-refractivity contribution in [1.29, 1.82) is 0 Å². The van der Waals surface area contributed by atoms with Gasteiger partial charge in [0.2, 0.25) is 0 Å². The third-order valence-corrected chi connectivity index (χ3v) is 3.89. The van der Waals surface area contributed by atoms with Crippen molar-refractivity contribution in [3.05, 3.63) is 29.3 Å². The van der Waals surface area contributed by atoms with Crippen molar-refractivity contribution < 1.29 is 4.74 Å². The molecule has 0 amide bonds. The average Bonchev–Trinajstić information content (AvgIpc) is 2.89. The monoisotopic (exact) mass is 234 g/mol. The summed E-state index contributed by atoms with van der Waals surface area (Å²) in [5.41, 5.74) is 5.75. The van der Waals surface area contributed by atoms with Gasteiger partial charge in [0.15, 0.2) is 0 Å². The molecule has 0 aliphatic heterocycles. The Kier molecular flexibility index (Phi) is 3.15. The van der Waals surface area contributed by atoms with Crippen LogP contribution >= 0.6 is 0 Å². The molecule has 3 heteroatoms. The fraction of sp³-hybridized carbons (Fsp3) is 0.571. The zero-order chi connectivity index (χ0) is 12.6. The molecule has 0 bridgehead atoms. The van der Waals surface area contributed by atoms with Gasteiger partial charge in [0.1, 0.15) is 5.75 Å². The molecule has 1 aromatic carbocycles. The van der Waals surface area contributed by atoms with Crippen LogP contribution in [-0.2, 0) is 0 Å². The van der Waals surface area contributed by atoms with Gasteiger partial charge < -0.3 is 4.74 Å². The highest BCUT2D eigenvalue weighted by atomic mass is 16.5. The van der Waals surface area contributed by atoms with Crippen molar-refractivity contribution in [3.63, 3.8) is 0 Å². The van der Waals surface area contributed by atoms with Gasteiger partial charge in [0.25, 0.3) is 0 Å². The molecule has 2 rings (SSSR count). The first-order valence-corrected chi connectivity index (χ1v) is 6.10. The number of rotatable bonds is 4. The summed E-state index contributed by atoms with van der Waals surface area (Å²) in [4.78, 5) is 0. The maximum Gasteiger partial charge on any atom is 0.123 e. The van der Waals surface area contributed by atoms with Crippen LogP contribution in [0.5, 0.6) is 5.75 Å². The predicted octanol–water partition coefficient (Wildman–Crippen LogP) is 2.55. The van der Waals surface area contributed by atoms with Crippen LogP contribution in [0.4, 0.5) is 0 Å². The summed E-state index contributed by atoms with van der Waals surface area (Å²) in [5.74, 6) is 7.24. The molecule has 1 fully saturated rings. The van der Waals surface area contributed by atoms with Gasteiger partial charge in [-0.3, -0.25) is 11.3 Å². The number of ether oxygens (including phenoxy) is 1. The topological polar surface area (TPSA) is 47.3 Å². The maximum absolute atomic E-state index is 5.73. The minimum Gasteiger partial charge on any atom is -0.496 e. The zero-order valence-corrected chi connectivity index (χ0v) is 11.1. The van der Waals surface area contributed by atoms with Crippen LogP contribution in [0.2, 0.25) is 0 Å². The smallest absolute Gasteiger partial charge is 0.123 e. The summed E-state index contributed by atoms with van der Waals surface area (Å²) in [7, 11) is 1.71. The Labute approximate surface area is 103 Å². The summed E-state index contributed by atoms with van der Waals surface area (Å²) >= 11 is 0. The van der Waals surface area contributed by atoms with Crippen molar-refractivity contribution in [2.45, 2.75) is 33.2 Å². The first-order valence-electron chi connectivity index (χ1n) is 6.10. The Balaban J connectivity index is 2.33. The van der Waals surface area contributed by atoms with E-state index in [0.29, 0.717) is 11.3 Å². The van der Waals surface area contributed by atoms with E-state index in [2.05, 4.69) is 38.3 Å². The number of hydrogen-bond acceptors (Lipinski definition) is 3. The Morgan fingerprint density at radius 2 is 2.12 bits per heavy atom. The van der Waals surface area contributed by atoms with Gasteiger partial charge in [0, 0.05) is 5.56 Å². The van der Waals surface area contributed by atoms with E-state index in [1.807, 2.05) is 6.07 Å². The zero-order valence-electron chi connectivity index (χ0n) is 11.1. The third kappa shape index (κ3) is 2.31. The fourth-order valence-electron chi connectivity index (χ4n) is 2.60. The van der Waals surface area contributed by atoms with E-state index in [-0.39, 0.29) is 6.04 Å². The lowest BCUT2D eigenvalue weighted by Gasteiger charge is -2.21. The van der Waals surface area contributed by atoms with E-state index < -0.39 is 0 Å². The number of nitrogens with one attached hydrogen (secondary N) is 1. The number of hydrazine groups is 1. The molecule has 17 heavy (non-hydrogen) atoms. The molecule has 0 aromatic heterocycles. The largest absolute Gasteiger partial charge is 0.496 e. The quantitative estimate of drug-likeness (QED) is 0.621. The van der Waals surface area contributed by atoms with Crippen molar-refractivity contribution in [1.82, 2.24) is 5.43 Å². The second kappa shape index (κ2) is 4.31. The van der Waals surface area contributed by atoms with Crippen LogP contribution in [0.1, 0.15) is 37.4 Å². The van der Waals surface area contributed by atoms with Crippen LogP contribution in [0.3, 0.4) is 0 Å². The average molecular weight is 234 g/mol. The normalized spacial score (nSPS) is 23.2. The molecule has 0 radical (unpaired) electrons. The van der Waals surface area contributed by atoms with Crippen LogP contribution < -0.4 is 16.0 Å². The molecule has 1 aliphatic rings. The molecule has 1 aromatic rings. The van der Waals surface area contributed by atoms with Crippen molar-refractivity contribution >= 4 is 0 Å². The fourth-order valence-corrected chi connectivity index (χ4v) is 2.60. The van der Waals surface area contributed by atoms with E-state index in [1.54, 1.807) is 7.11 Å². The van der Waals surface area contributed by atoms with Crippen molar-refractivity contribution in [2.75, 3.05) is 7.11 Å². The first kappa shape index (κ1) is 12.4.